The van der Waals surface area contributed by atoms with Gasteiger partial charge in [-0.3, -0.25) is 4.79 Å². The lowest BCUT2D eigenvalue weighted by atomic mass is 9.83. The second kappa shape index (κ2) is 6.57. The quantitative estimate of drug-likeness (QED) is 0.462. The Labute approximate surface area is 162 Å². The fourth-order valence-electron chi connectivity index (χ4n) is 3.97. The summed E-state index contributed by atoms with van der Waals surface area (Å²) >= 11 is 0. The molecule has 0 unspecified atom stereocenters. The standard InChI is InChI=1S/C24H18O4/c1-26-17-11-8-16(9-12-17)21-22-18-6-3-2-5-15(18)10-13-19(22)28-24(21)23(25)20-7-4-14-27-20/h2-14,21,24H,1H3/t21-,24+/m0/s1. The van der Waals surface area contributed by atoms with Gasteiger partial charge >= 0.3 is 0 Å². The van der Waals surface area contributed by atoms with E-state index in [4.69, 9.17) is 13.9 Å². The SMILES string of the molecule is COc1ccc([C@H]2c3c(ccc4ccccc34)O[C@H]2C(=O)c2ccco2)cc1. The topological polar surface area (TPSA) is 48.7 Å². The van der Waals surface area contributed by atoms with Crippen molar-refractivity contribution in [2.45, 2.75) is 12.0 Å². The van der Waals surface area contributed by atoms with Crippen LogP contribution in [-0.2, 0) is 0 Å². The molecule has 5 rings (SSSR count). The zero-order valence-electron chi connectivity index (χ0n) is 15.3. The summed E-state index contributed by atoms with van der Waals surface area (Å²) in [5.74, 6) is 1.43. The van der Waals surface area contributed by atoms with E-state index in [1.165, 1.54) is 6.26 Å². The van der Waals surface area contributed by atoms with Gasteiger partial charge in [-0.2, -0.15) is 0 Å². The number of benzene rings is 3. The molecule has 0 radical (unpaired) electrons. The smallest absolute Gasteiger partial charge is 0.239 e. The molecule has 3 aromatic carbocycles. The van der Waals surface area contributed by atoms with Crippen LogP contribution >= 0.6 is 0 Å². The van der Waals surface area contributed by atoms with E-state index in [0.29, 0.717) is 5.76 Å². The zero-order chi connectivity index (χ0) is 19.1. The molecule has 0 spiro atoms. The van der Waals surface area contributed by atoms with E-state index >= 15 is 0 Å². The highest BCUT2D eigenvalue weighted by molar-refractivity contribution is 6.00. The second-order valence-electron chi connectivity index (χ2n) is 6.83. The molecule has 0 saturated carbocycles. The molecule has 1 aliphatic rings. The lowest BCUT2D eigenvalue weighted by Gasteiger charge is -2.18. The van der Waals surface area contributed by atoms with Crippen LogP contribution in [0.4, 0.5) is 0 Å². The third-order valence-electron chi connectivity index (χ3n) is 5.30. The number of rotatable bonds is 4. The first-order valence-electron chi connectivity index (χ1n) is 9.16. The van der Waals surface area contributed by atoms with Crippen molar-refractivity contribution in [2.24, 2.45) is 0 Å². The number of fused-ring (bicyclic) bond motifs is 3. The van der Waals surface area contributed by atoms with Crippen LogP contribution < -0.4 is 9.47 Å². The number of carbonyl (C=O) groups is 1. The Hall–Kier alpha value is -3.53. The molecule has 0 aliphatic carbocycles. The lowest BCUT2D eigenvalue weighted by molar-refractivity contribution is 0.0777. The summed E-state index contributed by atoms with van der Waals surface area (Å²) in [7, 11) is 1.64. The molecule has 4 nitrogen and oxygen atoms in total. The lowest BCUT2D eigenvalue weighted by Crippen LogP contribution is -2.29. The largest absolute Gasteiger partial charge is 0.497 e. The van der Waals surface area contributed by atoms with Gasteiger partial charge < -0.3 is 13.9 Å². The Kier molecular flexibility index (Phi) is 3.90. The minimum absolute atomic E-state index is 0.161. The molecule has 2 atom stereocenters. The van der Waals surface area contributed by atoms with Crippen LogP contribution in [-0.4, -0.2) is 19.0 Å². The minimum atomic E-state index is -0.680. The van der Waals surface area contributed by atoms with E-state index < -0.39 is 6.10 Å². The molecule has 0 bridgehead atoms. The van der Waals surface area contributed by atoms with Gasteiger partial charge in [0, 0.05) is 5.56 Å². The van der Waals surface area contributed by atoms with Gasteiger partial charge in [0.05, 0.1) is 19.3 Å². The highest BCUT2D eigenvalue weighted by atomic mass is 16.5. The maximum Gasteiger partial charge on any atom is 0.239 e. The molecule has 1 aliphatic heterocycles. The Balaban J connectivity index is 1.69. The van der Waals surface area contributed by atoms with Crippen LogP contribution in [0.3, 0.4) is 0 Å². The van der Waals surface area contributed by atoms with Crippen molar-refractivity contribution in [2.75, 3.05) is 7.11 Å². The third-order valence-corrected chi connectivity index (χ3v) is 5.30. The van der Waals surface area contributed by atoms with Crippen LogP contribution in [0.5, 0.6) is 11.5 Å². The summed E-state index contributed by atoms with van der Waals surface area (Å²) < 4.78 is 16.8. The first-order chi connectivity index (χ1) is 13.8. The van der Waals surface area contributed by atoms with Crippen molar-refractivity contribution in [3.63, 3.8) is 0 Å². The fourth-order valence-corrected chi connectivity index (χ4v) is 3.97. The molecule has 138 valence electrons. The molecule has 2 heterocycles. The number of carbonyl (C=O) groups excluding carboxylic acids is 1. The molecular weight excluding hydrogens is 352 g/mol. The molecule has 0 saturated heterocycles. The highest BCUT2D eigenvalue weighted by Gasteiger charge is 2.42. The Bertz CT molecular complexity index is 1140. The molecule has 4 heteroatoms. The van der Waals surface area contributed by atoms with Crippen LogP contribution in [0.25, 0.3) is 10.8 Å². The molecule has 1 aromatic heterocycles. The molecule has 0 fully saturated rings. The summed E-state index contributed by atoms with van der Waals surface area (Å²) in [6.45, 7) is 0. The van der Waals surface area contributed by atoms with Gasteiger partial charge in [-0.1, -0.05) is 42.5 Å². The summed E-state index contributed by atoms with van der Waals surface area (Å²) in [4.78, 5) is 13.2. The monoisotopic (exact) mass is 370 g/mol. The zero-order valence-corrected chi connectivity index (χ0v) is 15.3. The molecule has 0 N–H and O–H groups in total. The van der Waals surface area contributed by atoms with Gasteiger partial charge in [-0.25, -0.2) is 0 Å². The maximum atomic E-state index is 13.2. The van der Waals surface area contributed by atoms with E-state index in [-0.39, 0.29) is 11.7 Å². The van der Waals surface area contributed by atoms with Crippen LogP contribution in [0.15, 0.2) is 83.5 Å². The second-order valence-corrected chi connectivity index (χ2v) is 6.83. The molecule has 0 amide bonds. The number of hydrogen-bond acceptors (Lipinski definition) is 4. The molecule has 4 aromatic rings. The average Bonchev–Trinajstić information content (AvgIpc) is 3.41. The van der Waals surface area contributed by atoms with E-state index in [1.807, 2.05) is 48.5 Å². The van der Waals surface area contributed by atoms with E-state index in [2.05, 4.69) is 12.1 Å². The predicted octanol–water partition coefficient (Wildman–Crippen LogP) is 5.22. The van der Waals surface area contributed by atoms with Gasteiger partial charge in [0.2, 0.25) is 5.78 Å². The highest BCUT2D eigenvalue weighted by Crippen LogP contribution is 2.47. The van der Waals surface area contributed by atoms with Crippen molar-refractivity contribution in [1.82, 2.24) is 0 Å². The number of furan rings is 1. The van der Waals surface area contributed by atoms with Gasteiger partial charge in [0.1, 0.15) is 11.5 Å². The summed E-state index contributed by atoms with van der Waals surface area (Å²) in [5, 5.41) is 2.21. The normalized spacial score (nSPS) is 17.9. The Morgan fingerprint density at radius 3 is 2.50 bits per heavy atom. The van der Waals surface area contributed by atoms with Crippen molar-refractivity contribution >= 4 is 16.6 Å². The summed E-state index contributed by atoms with van der Waals surface area (Å²) in [5.41, 5.74) is 2.04. The first kappa shape index (κ1) is 16.6. The van der Waals surface area contributed by atoms with Gasteiger partial charge in [-0.05, 0) is 46.7 Å². The van der Waals surface area contributed by atoms with E-state index in [9.17, 15) is 4.79 Å². The third kappa shape index (κ3) is 2.57. The van der Waals surface area contributed by atoms with Crippen LogP contribution in [0.2, 0.25) is 0 Å². The Morgan fingerprint density at radius 2 is 1.75 bits per heavy atom. The first-order valence-corrected chi connectivity index (χ1v) is 9.16. The fraction of sp³-hybridized carbons (Fsp3) is 0.125. The minimum Gasteiger partial charge on any atom is -0.497 e. The summed E-state index contributed by atoms with van der Waals surface area (Å²) in [6.07, 6.45) is 0.827. The predicted molar refractivity (Wildman–Crippen MR) is 106 cm³/mol. The van der Waals surface area contributed by atoms with Crippen molar-refractivity contribution in [3.8, 4) is 11.5 Å². The number of hydrogen-bond donors (Lipinski definition) is 0. The van der Waals surface area contributed by atoms with E-state index in [0.717, 1.165) is 33.4 Å². The van der Waals surface area contributed by atoms with Gasteiger partial charge in [0.15, 0.2) is 11.9 Å². The maximum absolute atomic E-state index is 13.2. The van der Waals surface area contributed by atoms with Gasteiger partial charge in [-0.15, -0.1) is 0 Å². The Morgan fingerprint density at radius 1 is 0.929 bits per heavy atom. The van der Waals surface area contributed by atoms with E-state index in [1.54, 1.807) is 19.2 Å². The van der Waals surface area contributed by atoms with Crippen molar-refractivity contribution in [1.29, 1.82) is 0 Å². The number of methoxy groups -OCH3 is 1. The van der Waals surface area contributed by atoms with Gasteiger partial charge in [0.25, 0.3) is 0 Å². The summed E-state index contributed by atoms with van der Waals surface area (Å²) in [6, 6.07) is 23.3. The molecule has 28 heavy (non-hydrogen) atoms. The number of ether oxygens (including phenoxy) is 2. The molecular formula is C24H18O4. The number of ketones is 1. The van der Waals surface area contributed by atoms with Crippen LogP contribution in [0, 0.1) is 0 Å². The van der Waals surface area contributed by atoms with Crippen molar-refractivity contribution < 1.29 is 18.7 Å². The van der Waals surface area contributed by atoms with Crippen LogP contribution in [0.1, 0.15) is 27.6 Å². The van der Waals surface area contributed by atoms with Crippen molar-refractivity contribution in [3.05, 3.63) is 95.9 Å². The number of Topliss-reactive ketones (excluding diaryl/α,β-unsaturated/α-hetero) is 1. The average molecular weight is 370 g/mol.